The van der Waals surface area contributed by atoms with E-state index in [1.807, 2.05) is 0 Å². The molecule has 2 aliphatic carbocycles. The standard InChI is InChI=1S/2C20H29NO6.Mg/c2*1-13(2)27-20(24)21(12-14-5-7-15(8-6-14)19(22)23)16-9-17(25-3)11-18(10-16)26-4;/h2*9-11,13-15H,5-8,12H2,1-4H3,(H,22,23);/q;;+2/p-2. The molecule has 0 bridgehead atoms. The second-order valence-corrected chi connectivity index (χ2v) is 14.3. The molecular formula is C40H56MgN2O12. The SMILES string of the molecule is COc1cc(OC)cc(N(CC2CCC(C(=O)[O-])CC2)C(=O)OC(C)C)c1.COc1cc(OC)cc(N(CC2CCC(C(=O)[O-])CC2)C(=O)OC(C)C)c1.[Mg+2]. The van der Waals surface area contributed by atoms with E-state index in [1.54, 1.807) is 102 Å². The molecule has 300 valence electrons. The zero-order chi connectivity index (χ0) is 39.9. The number of methoxy groups -OCH3 is 4. The number of rotatable bonds is 14. The first-order valence-corrected chi connectivity index (χ1v) is 18.5. The summed E-state index contributed by atoms with van der Waals surface area (Å²) in [6.45, 7) is 8.09. The molecule has 0 N–H and O–H groups in total. The summed E-state index contributed by atoms with van der Waals surface area (Å²) in [4.78, 5) is 50.7. The number of hydrogen-bond donors (Lipinski definition) is 0. The molecule has 2 saturated carbocycles. The minimum Gasteiger partial charge on any atom is -0.550 e. The Hall–Kier alpha value is -4.11. The van der Waals surface area contributed by atoms with Gasteiger partial charge in [-0.15, -0.1) is 0 Å². The van der Waals surface area contributed by atoms with Crippen LogP contribution in [0.3, 0.4) is 0 Å². The predicted molar refractivity (Wildman–Crippen MR) is 204 cm³/mol. The largest absolute Gasteiger partial charge is 2.00 e. The maximum absolute atomic E-state index is 12.7. The van der Waals surface area contributed by atoms with E-state index in [0.29, 0.717) is 73.1 Å². The molecule has 2 aliphatic rings. The van der Waals surface area contributed by atoms with Crippen molar-refractivity contribution in [1.82, 2.24) is 0 Å². The van der Waals surface area contributed by atoms with Crippen molar-refractivity contribution in [3.63, 3.8) is 0 Å². The Morgan fingerprint density at radius 3 is 1.04 bits per heavy atom. The van der Waals surface area contributed by atoms with E-state index in [2.05, 4.69) is 0 Å². The number of carbonyl (C=O) groups is 4. The molecule has 2 fully saturated rings. The van der Waals surface area contributed by atoms with E-state index in [9.17, 15) is 29.4 Å². The molecule has 2 amide bonds. The van der Waals surface area contributed by atoms with Gasteiger partial charge in [0.2, 0.25) is 0 Å². The number of benzene rings is 2. The van der Waals surface area contributed by atoms with Crippen LogP contribution in [0.2, 0.25) is 0 Å². The van der Waals surface area contributed by atoms with Gasteiger partial charge in [-0.05, 0) is 103 Å². The van der Waals surface area contributed by atoms with Crippen LogP contribution in [0.15, 0.2) is 36.4 Å². The second kappa shape index (κ2) is 23.1. The molecule has 0 spiro atoms. The number of carboxylic acids is 2. The zero-order valence-corrected chi connectivity index (χ0v) is 34.9. The summed E-state index contributed by atoms with van der Waals surface area (Å²) in [7, 11) is 6.21. The first-order valence-electron chi connectivity index (χ1n) is 18.5. The van der Waals surface area contributed by atoms with Crippen LogP contribution in [0.4, 0.5) is 21.0 Å². The maximum atomic E-state index is 12.7. The smallest absolute Gasteiger partial charge is 0.550 e. The van der Waals surface area contributed by atoms with E-state index in [0.717, 1.165) is 25.7 Å². The minimum atomic E-state index is -0.984. The monoisotopic (exact) mass is 780 g/mol. The molecule has 0 radical (unpaired) electrons. The van der Waals surface area contributed by atoms with Crippen molar-refractivity contribution in [2.75, 3.05) is 51.3 Å². The van der Waals surface area contributed by atoms with E-state index >= 15 is 0 Å². The van der Waals surface area contributed by atoms with Gasteiger partial charge >= 0.3 is 35.2 Å². The van der Waals surface area contributed by atoms with Crippen LogP contribution in [0.1, 0.15) is 79.1 Å². The minimum absolute atomic E-state index is 0. The van der Waals surface area contributed by atoms with Crippen LogP contribution in [-0.2, 0) is 19.1 Å². The molecule has 55 heavy (non-hydrogen) atoms. The van der Waals surface area contributed by atoms with Crippen molar-refractivity contribution in [3.8, 4) is 23.0 Å². The summed E-state index contributed by atoms with van der Waals surface area (Å²) in [6.07, 6.45) is 3.81. The molecular weight excluding hydrogens is 725 g/mol. The molecule has 2 aromatic rings. The van der Waals surface area contributed by atoms with Crippen LogP contribution >= 0.6 is 0 Å². The van der Waals surface area contributed by atoms with E-state index < -0.39 is 36.0 Å². The van der Waals surface area contributed by atoms with Gasteiger partial charge in [0.05, 0.1) is 52.0 Å². The number of hydrogen-bond acceptors (Lipinski definition) is 12. The Morgan fingerprint density at radius 1 is 0.545 bits per heavy atom. The van der Waals surface area contributed by atoms with E-state index in [-0.39, 0.29) is 47.1 Å². The summed E-state index contributed by atoms with van der Waals surface area (Å²) < 4.78 is 32.1. The summed E-state index contributed by atoms with van der Waals surface area (Å²) in [5.41, 5.74) is 1.25. The molecule has 0 aromatic heterocycles. The Labute approximate surface area is 340 Å². The topological polar surface area (TPSA) is 176 Å². The third-order valence-corrected chi connectivity index (χ3v) is 9.65. The first-order chi connectivity index (χ1) is 25.7. The first kappa shape index (κ1) is 47.0. The molecule has 0 heterocycles. The van der Waals surface area contributed by atoms with Gasteiger partial charge in [-0.3, -0.25) is 9.80 Å². The van der Waals surface area contributed by atoms with Gasteiger partial charge in [-0.1, -0.05) is 0 Å². The van der Waals surface area contributed by atoms with Crippen LogP contribution in [-0.4, -0.2) is 101 Å². The van der Waals surface area contributed by atoms with Crippen LogP contribution in [0, 0.1) is 23.7 Å². The number of amides is 2. The Bertz CT molecular complexity index is 1380. The molecule has 0 atom stereocenters. The Balaban J connectivity index is 0.000000373. The van der Waals surface area contributed by atoms with Crippen molar-refractivity contribution in [2.45, 2.75) is 91.3 Å². The fourth-order valence-electron chi connectivity index (χ4n) is 6.68. The number of ether oxygens (including phenoxy) is 6. The van der Waals surface area contributed by atoms with Crippen LogP contribution in [0.25, 0.3) is 0 Å². The van der Waals surface area contributed by atoms with Crippen LogP contribution in [0.5, 0.6) is 23.0 Å². The summed E-state index contributed by atoms with van der Waals surface area (Å²) >= 11 is 0. The van der Waals surface area contributed by atoms with Gasteiger partial charge in [0.15, 0.2) is 0 Å². The second-order valence-electron chi connectivity index (χ2n) is 14.3. The number of carboxylic acid groups (broad SMARTS) is 2. The van der Waals surface area contributed by atoms with Crippen molar-refractivity contribution < 1.29 is 57.8 Å². The predicted octanol–water partition coefficient (Wildman–Crippen LogP) is 4.84. The number of anilines is 2. The van der Waals surface area contributed by atoms with E-state index in [4.69, 9.17) is 28.4 Å². The van der Waals surface area contributed by atoms with Crippen molar-refractivity contribution in [2.24, 2.45) is 23.7 Å². The Morgan fingerprint density at radius 2 is 0.818 bits per heavy atom. The molecule has 15 heteroatoms. The third kappa shape index (κ3) is 14.8. The molecule has 0 aliphatic heterocycles. The van der Waals surface area contributed by atoms with Gasteiger partial charge in [-0.2, -0.15) is 0 Å². The summed E-state index contributed by atoms with van der Waals surface area (Å²) in [6, 6.07) is 10.5. The van der Waals surface area contributed by atoms with Gasteiger partial charge in [0.25, 0.3) is 0 Å². The van der Waals surface area contributed by atoms with Gasteiger partial charge in [-0.25, -0.2) is 9.59 Å². The van der Waals surface area contributed by atoms with Gasteiger partial charge < -0.3 is 48.2 Å². The zero-order valence-electron chi connectivity index (χ0n) is 33.5. The fraction of sp³-hybridized carbons (Fsp3) is 0.600. The van der Waals surface area contributed by atoms with Crippen molar-refractivity contribution in [3.05, 3.63) is 36.4 Å². The number of aliphatic carboxylic acids is 2. The van der Waals surface area contributed by atoms with Gasteiger partial charge in [0, 0.05) is 61.4 Å². The molecule has 2 aromatic carbocycles. The van der Waals surface area contributed by atoms with Gasteiger partial charge in [0.1, 0.15) is 23.0 Å². The average molecular weight is 781 g/mol. The molecule has 4 rings (SSSR count). The molecule has 0 unspecified atom stereocenters. The van der Waals surface area contributed by atoms with E-state index in [1.165, 1.54) is 0 Å². The third-order valence-electron chi connectivity index (χ3n) is 9.65. The number of carbonyl (C=O) groups excluding carboxylic acids is 4. The Kier molecular flexibility index (Phi) is 19.7. The number of nitrogens with zero attached hydrogens (tertiary/aromatic N) is 2. The quantitative estimate of drug-likeness (QED) is 0.239. The summed E-state index contributed by atoms with van der Waals surface area (Å²) in [5, 5.41) is 22.1. The van der Waals surface area contributed by atoms with Crippen molar-refractivity contribution in [1.29, 1.82) is 0 Å². The normalized spacial score (nSPS) is 19.1. The molecule has 14 nitrogen and oxygen atoms in total. The maximum Gasteiger partial charge on any atom is 2.00 e. The fourth-order valence-corrected chi connectivity index (χ4v) is 6.68. The van der Waals surface area contributed by atoms with Crippen LogP contribution < -0.4 is 39.0 Å². The summed E-state index contributed by atoms with van der Waals surface area (Å²) in [5.74, 6) is -0.0676. The molecule has 0 saturated heterocycles. The van der Waals surface area contributed by atoms with Crippen molar-refractivity contribution >= 4 is 58.6 Å². The average Bonchev–Trinajstić information content (AvgIpc) is 3.15.